The van der Waals surface area contributed by atoms with Crippen molar-refractivity contribution in [2.24, 2.45) is 0 Å². The van der Waals surface area contributed by atoms with Crippen molar-refractivity contribution >= 4 is 23.4 Å². The lowest BCUT2D eigenvalue weighted by Gasteiger charge is -2.13. The van der Waals surface area contributed by atoms with Crippen LogP contribution in [-0.2, 0) is 14.4 Å². The molecule has 0 aliphatic rings. The summed E-state index contributed by atoms with van der Waals surface area (Å²) in [7, 11) is 1.57. The summed E-state index contributed by atoms with van der Waals surface area (Å²) in [6.07, 6.45) is 0. The highest BCUT2D eigenvalue weighted by Crippen LogP contribution is 2.14. The van der Waals surface area contributed by atoms with Gasteiger partial charge in [0.1, 0.15) is 11.8 Å². The molecule has 0 radical (unpaired) electrons. The van der Waals surface area contributed by atoms with E-state index in [-0.39, 0.29) is 12.5 Å². The van der Waals surface area contributed by atoms with Crippen LogP contribution in [-0.4, -0.2) is 37.4 Å². The monoisotopic (exact) mass is 308 g/mol. The summed E-state index contributed by atoms with van der Waals surface area (Å²) in [5.74, 6) is -0.531. The number of amides is 3. The normalized spacial score (nSPS) is 11.0. The summed E-state index contributed by atoms with van der Waals surface area (Å²) in [6.45, 7) is 2.81. The lowest BCUT2D eigenvalue weighted by Crippen LogP contribution is -2.51. The van der Waals surface area contributed by atoms with Gasteiger partial charge in [-0.1, -0.05) is 0 Å². The van der Waals surface area contributed by atoms with Gasteiger partial charge >= 0.3 is 0 Å². The number of nitrogens with one attached hydrogen (secondary N) is 4. The van der Waals surface area contributed by atoms with Crippen molar-refractivity contribution in [2.45, 2.75) is 19.9 Å². The van der Waals surface area contributed by atoms with Crippen molar-refractivity contribution in [3.63, 3.8) is 0 Å². The SMILES string of the molecule is COc1ccc(NCC(=O)NNC(=O)C(C)NC(C)=O)cc1. The fraction of sp³-hybridized carbons (Fsp3) is 0.357. The summed E-state index contributed by atoms with van der Waals surface area (Å²) in [5, 5.41) is 5.30. The Balaban J connectivity index is 2.30. The number of rotatable bonds is 6. The molecule has 1 rings (SSSR count). The number of benzene rings is 1. The zero-order valence-electron chi connectivity index (χ0n) is 12.7. The zero-order valence-corrected chi connectivity index (χ0v) is 12.7. The first-order valence-corrected chi connectivity index (χ1v) is 6.66. The number of hydrazine groups is 1. The average Bonchev–Trinajstić information content (AvgIpc) is 2.50. The first kappa shape index (κ1) is 17.3. The van der Waals surface area contributed by atoms with Crippen LogP contribution in [0.5, 0.6) is 5.75 Å². The molecule has 22 heavy (non-hydrogen) atoms. The number of hydrogen-bond acceptors (Lipinski definition) is 5. The van der Waals surface area contributed by atoms with E-state index in [0.29, 0.717) is 5.75 Å². The molecule has 0 saturated carbocycles. The minimum absolute atomic E-state index is 0.0128. The maximum absolute atomic E-state index is 11.6. The third kappa shape index (κ3) is 6.12. The molecule has 0 saturated heterocycles. The van der Waals surface area contributed by atoms with E-state index in [1.165, 1.54) is 13.8 Å². The quantitative estimate of drug-likeness (QED) is 0.543. The minimum Gasteiger partial charge on any atom is -0.497 e. The molecule has 1 aromatic rings. The molecular formula is C14H20N4O4. The number of carbonyl (C=O) groups excluding carboxylic acids is 3. The van der Waals surface area contributed by atoms with E-state index in [2.05, 4.69) is 21.5 Å². The second-order valence-electron chi connectivity index (χ2n) is 4.54. The molecule has 1 atom stereocenters. The Bertz CT molecular complexity index is 530. The zero-order chi connectivity index (χ0) is 16.5. The van der Waals surface area contributed by atoms with Crippen molar-refractivity contribution in [2.75, 3.05) is 19.0 Å². The van der Waals surface area contributed by atoms with Gasteiger partial charge in [-0.3, -0.25) is 25.2 Å². The average molecular weight is 308 g/mol. The minimum atomic E-state index is -0.729. The first-order chi connectivity index (χ1) is 10.4. The molecule has 0 spiro atoms. The van der Waals surface area contributed by atoms with Gasteiger partial charge in [-0.05, 0) is 31.2 Å². The Morgan fingerprint density at radius 2 is 1.77 bits per heavy atom. The van der Waals surface area contributed by atoms with Crippen molar-refractivity contribution in [1.82, 2.24) is 16.2 Å². The van der Waals surface area contributed by atoms with Crippen molar-refractivity contribution in [3.05, 3.63) is 24.3 Å². The molecule has 120 valence electrons. The molecular weight excluding hydrogens is 288 g/mol. The summed E-state index contributed by atoms with van der Waals surface area (Å²) < 4.78 is 5.03. The summed E-state index contributed by atoms with van der Waals surface area (Å²) in [6, 6.07) is 6.33. The van der Waals surface area contributed by atoms with E-state index in [1.807, 2.05) is 0 Å². The van der Waals surface area contributed by atoms with Gasteiger partial charge in [0.25, 0.3) is 11.8 Å². The molecule has 0 heterocycles. The largest absolute Gasteiger partial charge is 0.497 e. The van der Waals surface area contributed by atoms with Gasteiger partial charge < -0.3 is 15.4 Å². The lowest BCUT2D eigenvalue weighted by molar-refractivity contribution is -0.131. The second kappa shape index (κ2) is 8.50. The topological polar surface area (TPSA) is 109 Å². The summed E-state index contributed by atoms with van der Waals surface area (Å²) in [5.41, 5.74) is 5.23. The predicted molar refractivity (Wildman–Crippen MR) is 81.0 cm³/mol. The molecule has 0 fully saturated rings. The molecule has 1 unspecified atom stereocenters. The van der Waals surface area contributed by atoms with Crippen LogP contribution in [0.1, 0.15) is 13.8 Å². The van der Waals surface area contributed by atoms with Crippen LogP contribution in [0.4, 0.5) is 5.69 Å². The van der Waals surface area contributed by atoms with Gasteiger partial charge in [0.05, 0.1) is 13.7 Å². The molecule has 0 aliphatic carbocycles. The number of anilines is 1. The van der Waals surface area contributed by atoms with Gasteiger partial charge in [-0.15, -0.1) is 0 Å². The Morgan fingerprint density at radius 3 is 2.32 bits per heavy atom. The fourth-order valence-electron chi connectivity index (χ4n) is 1.55. The maximum atomic E-state index is 11.6. The van der Waals surface area contributed by atoms with Crippen molar-refractivity contribution < 1.29 is 19.1 Å². The highest BCUT2D eigenvalue weighted by molar-refractivity contribution is 5.89. The van der Waals surface area contributed by atoms with Gasteiger partial charge in [0, 0.05) is 12.6 Å². The number of carbonyl (C=O) groups is 3. The van der Waals surface area contributed by atoms with E-state index in [0.717, 1.165) is 5.69 Å². The van der Waals surface area contributed by atoms with Crippen LogP contribution >= 0.6 is 0 Å². The van der Waals surface area contributed by atoms with Crippen LogP contribution in [0.25, 0.3) is 0 Å². The van der Waals surface area contributed by atoms with E-state index in [1.54, 1.807) is 31.4 Å². The molecule has 0 aromatic heterocycles. The molecule has 0 bridgehead atoms. The van der Waals surface area contributed by atoms with Crippen LogP contribution in [0.2, 0.25) is 0 Å². The number of hydrogen-bond donors (Lipinski definition) is 4. The Kier molecular flexibility index (Phi) is 6.68. The van der Waals surface area contributed by atoms with Crippen LogP contribution in [0, 0.1) is 0 Å². The summed E-state index contributed by atoms with van der Waals surface area (Å²) >= 11 is 0. The highest BCUT2D eigenvalue weighted by atomic mass is 16.5. The predicted octanol–water partition coefficient (Wildman–Crippen LogP) is -0.221. The van der Waals surface area contributed by atoms with Gasteiger partial charge in [-0.25, -0.2) is 0 Å². The molecule has 4 N–H and O–H groups in total. The van der Waals surface area contributed by atoms with Gasteiger partial charge in [0.2, 0.25) is 5.91 Å². The number of methoxy groups -OCH3 is 1. The standard InChI is InChI=1S/C14H20N4O4/c1-9(16-10(2)19)14(21)18-17-13(20)8-15-11-4-6-12(22-3)7-5-11/h4-7,9,15H,8H2,1-3H3,(H,16,19)(H,17,20)(H,18,21). The highest BCUT2D eigenvalue weighted by Gasteiger charge is 2.13. The van der Waals surface area contributed by atoms with Crippen LogP contribution in [0.3, 0.4) is 0 Å². The first-order valence-electron chi connectivity index (χ1n) is 6.66. The van der Waals surface area contributed by atoms with Gasteiger partial charge in [-0.2, -0.15) is 0 Å². The van der Waals surface area contributed by atoms with Crippen molar-refractivity contribution in [1.29, 1.82) is 0 Å². The van der Waals surface area contributed by atoms with Crippen molar-refractivity contribution in [3.8, 4) is 5.75 Å². The van der Waals surface area contributed by atoms with E-state index < -0.39 is 17.9 Å². The Labute approximate surface area is 128 Å². The lowest BCUT2D eigenvalue weighted by atomic mass is 10.3. The molecule has 3 amide bonds. The molecule has 1 aromatic carbocycles. The second-order valence-corrected chi connectivity index (χ2v) is 4.54. The molecule has 8 heteroatoms. The number of ether oxygens (including phenoxy) is 1. The summed E-state index contributed by atoms with van der Waals surface area (Å²) in [4.78, 5) is 33.9. The van der Waals surface area contributed by atoms with Crippen LogP contribution < -0.4 is 26.2 Å². The van der Waals surface area contributed by atoms with Crippen LogP contribution in [0.15, 0.2) is 24.3 Å². The van der Waals surface area contributed by atoms with E-state index in [4.69, 9.17) is 4.74 Å². The van der Waals surface area contributed by atoms with E-state index >= 15 is 0 Å². The third-order valence-electron chi connectivity index (χ3n) is 2.68. The fourth-order valence-corrected chi connectivity index (χ4v) is 1.55. The Morgan fingerprint density at radius 1 is 1.14 bits per heavy atom. The smallest absolute Gasteiger partial charge is 0.260 e. The third-order valence-corrected chi connectivity index (χ3v) is 2.68. The molecule has 0 aliphatic heterocycles. The molecule has 8 nitrogen and oxygen atoms in total. The maximum Gasteiger partial charge on any atom is 0.260 e. The Hall–Kier alpha value is -2.77. The van der Waals surface area contributed by atoms with E-state index in [9.17, 15) is 14.4 Å². The van der Waals surface area contributed by atoms with Gasteiger partial charge in [0.15, 0.2) is 0 Å².